The summed E-state index contributed by atoms with van der Waals surface area (Å²) in [4.78, 5) is 10.8. The molecule has 0 N–H and O–H groups in total. The van der Waals surface area contributed by atoms with Crippen molar-refractivity contribution in [3.63, 3.8) is 0 Å². The van der Waals surface area contributed by atoms with Crippen molar-refractivity contribution in [2.45, 2.75) is 20.3 Å². The van der Waals surface area contributed by atoms with Gasteiger partial charge in [0.05, 0.1) is 0 Å². The first-order valence-electron chi connectivity index (χ1n) is 3.10. The van der Waals surface area contributed by atoms with Crippen molar-refractivity contribution < 1.29 is 4.79 Å². The molecule has 1 heteroatoms. The molecule has 1 aliphatic rings. The molecule has 0 saturated carbocycles. The average Bonchev–Trinajstić information content (AvgIpc) is 2.13. The largest absolute Gasteiger partial charge is 0.294 e. The molecule has 0 aliphatic heterocycles. The van der Waals surface area contributed by atoms with Gasteiger partial charge in [-0.15, -0.1) is 0 Å². The van der Waals surface area contributed by atoms with E-state index in [0.29, 0.717) is 6.42 Å². The predicted octanol–water partition coefficient (Wildman–Crippen LogP) is 1.85. The van der Waals surface area contributed by atoms with E-state index in [0.717, 1.165) is 11.1 Å². The zero-order chi connectivity index (χ0) is 6.85. The van der Waals surface area contributed by atoms with Gasteiger partial charge in [-0.2, -0.15) is 0 Å². The second kappa shape index (κ2) is 2.18. The molecule has 0 bridgehead atoms. The van der Waals surface area contributed by atoms with E-state index in [2.05, 4.69) is 0 Å². The van der Waals surface area contributed by atoms with Crippen molar-refractivity contribution in [2.24, 2.45) is 0 Å². The molecule has 0 radical (unpaired) electrons. The van der Waals surface area contributed by atoms with Crippen LogP contribution in [0.3, 0.4) is 0 Å². The zero-order valence-corrected chi connectivity index (χ0v) is 5.77. The van der Waals surface area contributed by atoms with Crippen molar-refractivity contribution in [3.8, 4) is 0 Å². The Labute approximate surface area is 55.1 Å². The summed E-state index contributed by atoms with van der Waals surface area (Å²) >= 11 is 0. The van der Waals surface area contributed by atoms with E-state index in [9.17, 15) is 4.79 Å². The third-order valence-electron chi connectivity index (χ3n) is 1.58. The Hall–Kier alpha value is -0.850. The van der Waals surface area contributed by atoms with Crippen LogP contribution < -0.4 is 0 Å². The van der Waals surface area contributed by atoms with Crippen LogP contribution in [-0.4, -0.2) is 5.78 Å². The van der Waals surface area contributed by atoms with Crippen LogP contribution in [-0.2, 0) is 4.79 Å². The average molecular weight is 122 g/mol. The Balaban J connectivity index is 2.86. The molecule has 0 fully saturated rings. The van der Waals surface area contributed by atoms with Gasteiger partial charge in [0.15, 0.2) is 5.78 Å². The first kappa shape index (κ1) is 6.27. The summed E-state index contributed by atoms with van der Waals surface area (Å²) in [6.07, 6.45) is 4.54. The van der Waals surface area contributed by atoms with Crippen molar-refractivity contribution in [2.75, 3.05) is 0 Å². The molecule has 0 spiro atoms. The minimum Gasteiger partial charge on any atom is -0.294 e. The van der Waals surface area contributed by atoms with Crippen LogP contribution in [0.25, 0.3) is 0 Å². The summed E-state index contributed by atoms with van der Waals surface area (Å²) in [7, 11) is 0. The summed E-state index contributed by atoms with van der Waals surface area (Å²) in [6, 6.07) is 0. The van der Waals surface area contributed by atoms with E-state index in [1.165, 1.54) is 0 Å². The van der Waals surface area contributed by atoms with Crippen LogP contribution in [0.2, 0.25) is 0 Å². The summed E-state index contributed by atoms with van der Waals surface area (Å²) in [6.45, 7) is 3.82. The summed E-state index contributed by atoms with van der Waals surface area (Å²) in [5.41, 5.74) is 2.04. The van der Waals surface area contributed by atoms with Gasteiger partial charge in [0.1, 0.15) is 0 Å². The van der Waals surface area contributed by atoms with E-state index < -0.39 is 0 Å². The smallest absolute Gasteiger partial charge is 0.162 e. The number of carbonyl (C=O) groups excluding carboxylic acids is 1. The third kappa shape index (κ3) is 1.10. The number of rotatable bonds is 0. The second-order valence-electron chi connectivity index (χ2n) is 2.29. The Bertz CT molecular complexity index is 197. The van der Waals surface area contributed by atoms with E-state index in [-0.39, 0.29) is 5.78 Å². The van der Waals surface area contributed by atoms with Crippen LogP contribution in [0.4, 0.5) is 0 Å². The lowest BCUT2D eigenvalue weighted by molar-refractivity contribution is -0.114. The number of hydrogen-bond donors (Lipinski definition) is 0. The molecule has 0 aromatic heterocycles. The monoisotopic (exact) mass is 122 g/mol. The minimum absolute atomic E-state index is 0.267. The highest BCUT2D eigenvalue weighted by Crippen LogP contribution is 2.18. The van der Waals surface area contributed by atoms with Crippen molar-refractivity contribution >= 4 is 5.78 Å². The molecule has 1 rings (SSSR count). The van der Waals surface area contributed by atoms with Crippen molar-refractivity contribution in [1.29, 1.82) is 0 Å². The molecule has 0 aromatic carbocycles. The molecular weight excluding hydrogens is 112 g/mol. The number of ketones is 1. The van der Waals surface area contributed by atoms with Crippen LogP contribution >= 0.6 is 0 Å². The maximum absolute atomic E-state index is 10.8. The van der Waals surface area contributed by atoms with Gasteiger partial charge in [-0.3, -0.25) is 4.79 Å². The predicted molar refractivity (Wildman–Crippen MR) is 37.1 cm³/mol. The van der Waals surface area contributed by atoms with Crippen molar-refractivity contribution in [3.05, 3.63) is 23.3 Å². The number of allylic oxidation sites excluding steroid dienone is 4. The highest BCUT2D eigenvalue weighted by molar-refractivity contribution is 6.00. The Morgan fingerprint density at radius 3 is 2.56 bits per heavy atom. The quantitative estimate of drug-likeness (QED) is 0.479. The molecular formula is C8H10O. The molecule has 9 heavy (non-hydrogen) atoms. The van der Waals surface area contributed by atoms with Crippen molar-refractivity contribution in [1.82, 2.24) is 0 Å². The van der Waals surface area contributed by atoms with E-state index in [1.54, 1.807) is 0 Å². The summed E-state index contributed by atoms with van der Waals surface area (Å²) in [5.74, 6) is 0.267. The lowest BCUT2D eigenvalue weighted by atomic mass is 10.2. The van der Waals surface area contributed by atoms with E-state index >= 15 is 0 Å². The van der Waals surface area contributed by atoms with Gasteiger partial charge in [0.25, 0.3) is 0 Å². The topological polar surface area (TPSA) is 17.1 Å². The summed E-state index contributed by atoms with van der Waals surface area (Å²) < 4.78 is 0. The second-order valence-corrected chi connectivity index (χ2v) is 2.29. The van der Waals surface area contributed by atoms with Gasteiger partial charge in [-0.25, -0.2) is 0 Å². The van der Waals surface area contributed by atoms with Gasteiger partial charge in [-0.1, -0.05) is 12.2 Å². The van der Waals surface area contributed by atoms with Crippen LogP contribution in [0.5, 0.6) is 0 Å². The summed E-state index contributed by atoms with van der Waals surface area (Å²) in [5, 5.41) is 0. The van der Waals surface area contributed by atoms with Crippen LogP contribution in [0.15, 0.2) is 23.3 Å². The van der Waals surface area contributed by atoms with E-state index in [1.807, 2.05) is 26.0 Å². The molecule has 0 unspecified atom stereocenters. The van der Waals surface area contributed by atoms with Gasteiger partial charge < -0.3 is 0 Å². The fourth-order valence-corrected chi connectivity index (χ4v) is 0.920. The van der Waals surface area contributed by atoms with Gasteiger partial charge in [0.2, 0.25) is 0 Å². The number of Topliss-reactive ketones (excluding diaryl/α,β-unsaturated/α-hetero) is 1. The van der Waals surface area contributed by atoms with E-state index in [4.69, 9.17) is 0 Å². The van der Waals surface area contributed by atoms with Crippen LogP contribution in [0, 0.1) is 0 Å². The maximum atomic E-state index is 10.8. The normalized spacial score (nSPS) is 23.1. The molecule has 1 aliphatic carbocycles. The first-order chi connectivity index (χ1) is 4.24. The lowest BCUT2D eigenvalue weighted by Crippen LogP contribution is -1.89. The molecule has 0 amide bonds. The standard InChI is InChI=1S/C8H10O/c1-3-7-4-6(2)8(9)5-7/h3-4H,5H2,1-2H3. The number of hydrogen-bond acceptors (Lipinski definition) is 1. The molecule has 1 nitrogen and oxygen atoms in total. The lowest BCUT2D eigenvalue weighted by Gasteiger charge is -1.84. The van der Waals surface area contributed by atoms with Gasteiger partial charge >= 0.3 is 0 Å². The zero-order valence-electron chi connectivity index (χ0n) is 5.77. The Morgan fingerprint density at radius 1 is 1.67 bits per heavy atom. The molecule has 0 saturated heterocycles. The highest BCUT2D eigenvalue weighted by atomic mass is 16.1. The van der Waals surface area contributed by atoms with Gasteiger partial charge in [-0.05, 0) is 25.0 Å². The third-order valence-corrected chi connectivity index (χ3v) is 1.58. The van der Waals surface area contributed by atoms with Gasteiger partial charge in [0, 0.05) is 6.42 Å². The highest BCUT2D eigenvalue weighted by Gasteiger charge is 2.13. The molecule has 48 valence electrons. The fourth-order valence-electron chi connectivity index (χ4n) is 0.920. The molecule has 0 heterocycles. The molecule has 0 atom stereocenters. The van der Waals surface area contributed by atoms with Crippen LogP contribution in [0.1, 0.15) is 20.3 Å². The molecule has 0 aromatic rings. The fraction of sp³-hybridized carbons (Fsp3) is 0.375. The minimum atomic E-state index is 0.267. The number of carbonyl (C=O) groups is 1. The Morgan fingerprint density at radius 2 is 2.33 bits per heavy atom. The maximum Gasteiger partial charge on any atom is 0.162 e. The first-order valence-corrected chi connectivity index (χ1v) is 3.10. The SMILES string of the molecule is CC=C1C=C(C)C(=O)C1. The Kier molecular flexibility index (Phi) is 1.52.